The van der Waals surface area contributed by atoms with Crippen molar-refractivity contribution in [1.29, 1.82) is 0 Å². The Morgan fingerprint density at radius 1 is 1.04 bits per heavy atom. The molecule has 7 N–H and O–H groups in total. The molecule has 1 atom stereocenters. The highest BCUT2D eigenvalue weighted by atomic mass is 16.2. The van der Waals surface area contributed by atoms with E-state index in [1.165, 1.54) is 6.07 Å². The Morgan fingerprint density at radius 2 is 1.78 bits per heavy atom. The van der Waals surface area contributed by atoms with Gasteiger partial charge >= 0.3 is 6.03 Å². The van der Waals surface area contributed by atoms with Crippen molar-refractivity contribution in [3.8, 4) is 0 Å². The van der Waals surface area contributed by atoms with Gasteiger partial charge in [0.1, 0.15) is 6.29 Å². The van der Waals surface area contributed by atoms with Crippen LogP contribution in [0.3, 0.4) is 0 Å². The number of urea groups is 1. The van der Waals surface area contributed by atoms with Gasteiger partial charge in [-0.05, 0) is 23.8 Å². The van der Waals surface area contributed by atoms with Crippen LogP contribution >= 0.6 is 0 Å². The highest BCUT2D eigenvalue weighted by Crippen LogP contribution is 2.15. The zero-order valence-electron chi connectivity index (χ0n) is 14.4. The van der Waals surface area contributed by atoms with E-state index in [2.05, 4.69) is 21.2 Å². The van der Waals surface area contributed by atoms with Crippen molar-refractivity contribution >= 4 is 29.9 Å². The van der Waals surface area contributed by atoms with Gasteiger partial charge in [-0.3, -0.25) is 10.2 Å². The fourth-order valence-corrected chi connectivity index (χ4v) is 2.31. The summed E-state index contributed by atoms with van der Waals surface area (Å²) in [6.07, 6.45) is 0.817. The molecule has 3 amide bonds. The minimum absolute atomic E-state index is 0.103. The summed E-state index contributed by atoms with van der Waals surface area (Å²) < 4.78 is 0. The van der Waals surface area contributed by atoms with Crippen LogP contribution in [0.5, 0.6) is 0 Å². The number of aldehydes is 1. The fraction of sp³-hybridized carbons (Fsp3) is 0.111. The van der Waals surface area contributed by atoms with Gasteiger partial charge in [0.15, 0.2) is 5.96 Å². The summed E-state index contributed by atoms with van der Waals surface area (Å²) in [5.41, 5.74) is 16.6. The smallest absolute Gasteiger partial charge is 0.333 e. The van der Waals surface area contributed by atoms with Crippen molar-refractivity contribution < 1.29 is 14.4 Å². The molecule has 0 saturated heterocycles. The first-order chi connectivity index (χ1) is 13.0. The Balaban J connectivity index is 1.95. The molecule has 0 aromatic heterocycles. The third-order valence-electron chi connectivity index (χ3n) is 3.50. The number of nitrogens with two attached hydrogens (primary N) is 2. The van der Waals surface area contributed by atoms with Crippen LogP contribution in [0.15, 0.2) is 59.6 Å². The molecule has 0 aliphatic heterocycles. The maximum atomic E-state index is 12.1. The minimum Gasteiger partial charge on any atom is -0.370 e. The molecule has 0 spiro atoms. The summed E-state index contributed by atoms with van der Waals surface area (Å²) in [7, 11) is 0. The van der Waals surface area contributed by atoms with Crippen molar-refractivity contribution in [1.82, 2.24) is 16.2 Å². The highest BCUT2D eigenvalue weighted by Gasteiger charge is 2.14. The Morgan fingerprint density at radius 3 is 2.44 bits per heavy atom. The molecular formula is C18H20N6O3. The summed E-state index contributed by atoms with van der Waals surface area (Å²) in [5, 5.41) is 2.63. The van der Waals surface area contributed by atoms with E-state index in [1.54, 1.807) is 42.5 Å². The number of rotatable bonds is 6. The van der Waals surface area contributed by atoms with Crippen LogP contribution in [-0.2, 0) is 4.79 Å². The molecule has 0 bridgehead atoms. The number of hydrogen-bond acceptors (Lipinski definition) is 4. The lowest BCUT2D eigenvalue weighted by atomic mass is 10.0. The van der Waals surface area contributed by atoms with Crippen LogP contribution in [0, 0.1) is 0 Å². The molecule has 0 radical (unpaired) electrons. The maximum absolute atomic E-state index is 12.1. The maximum Gasteiger partial charge on any atom is 0.333 e. The van der Waals surface area contributed by atoms with Crippen molar-refractivity contribution in [2.45, 2.75) is 12.5 Å². The van der Waals surface area contributed by atoms with Gasteiger partial charge in [0.2, 0.25) is 0 Å². The molecule has 0 saturated carbocycles. The standard InChI is InChI=1S/C18H20N6O3/c19-17(20)21-14-8-4-7-13(11-14)16(26)23-24-18(27)22-15(9-10-25)12-5-2-1-3-6-12/h1-8,10-11,15H,9H2,(H,23,26)(H4,19,20,21)(H2,22,24,27). The summed E-state index contributed by atoms with van der Waals surface area (Å²) in [6, 6.07) is 14.1. The number of hydrogen-bond donors (Lipinski definition) is 5. The number of nitrogens with one attached hydrogen (secondary N) is 3. The number of aliphatic imine (C=N–C) groups is 1. The quantitative estimate of drug-likeness (QED) is 0.222. The van der Waals surface area contributed by atoms with E-state index in [1.807, 2.05) is 6.07 Å². The molecule has 2 aromatic rings. The second-order valence-electron chi connectivity index (χ2n) is 5.51. The zero-order chi connectivity index (χ0) is 19.6. The third kappa shape index (κ3) is 6.16. The van der Waals surface area contributed by atoms with E-state index in [-0.39, 0.29) is 17.9 Å². The Hall–Kier alpha value is -3.88. The van der Waals surface area contributed by atoms with E-state index in [4.69, 9.17) is 11.5 Å². The second-order valence-corrected chi connectivity index (χ2v) is 5.51. The first-order valence-electron chi connectivity index (χ1n) is 8.04. The fourth-order valence-electron chi connectivity index (χ4n) is 2.31. The molecule has 0 heterocycles. The number of benzene rings is 2. The number of nitrogens with zero attached hydrogens (tertiary/aromatic N) is 1. The van der Waals surface area contributed by atoms with Gasteiger partial charge in [-0.1, -0.05) is 36.4 Å². The van der Waals surface area contributed by atoms with Crippen LogP contribution in [0.2, 0.25) is 0 Å². The number of hydrazine groups is 1. The van der Waals surface area contributed by atoms with E-state index in [0.717, 1.165) is 5.56 Å². The van der Waals surface area contributed by atoms with Crippen molar-refractivity contribution in [3.63, 3.8) is 0 Å². The molecule has 9 heteroatoms. The first-order valence-corrected chi connectivity index (χ1v) is 8.04. The average Bonchev–Trinajstić information content (AvgIpc) is 2.66. The topological polar surface area (TPSA) is 152 Å². The largest absolute Gasteiger partial charge is 0.370 e. The summed E-state index contributed by atoms with van der Waals surface area (Å²) >= 11 is 0. The van der Waals surface area contributed by atoms with E-state index in [9.17, 15) is 14.4 Å². The third-order valence-corrected chi connectivity index (χ3v) is 3.50. The van der Waals surface area contributed by atoms with Gasteiger partial charge in [-0.25, -0.2) is 15.2 Å². The molecular weight excluding hydrogens is 348 g/mol. The van der Waals surface area contributed by atoms with Crippen LogP contribution in [0.1, 0.15) is 28.4 Å². The highest BCUT2D eigenvalue weighted by molar-refractivity contribution is 5.96. The van der Waals surface area contributed by atoms with Crippen LogP contribution in [0.25, 0.3) is 0 Å². The van der Waals surface area contributed by atoms with E-state index >= 15 is 0 Å². The summed E-state index contributed by atoms with van der Waals surface area (Å²) in [5.74, 6) is -0.684. The molecule has 0 aliphatic rings. The Labute approximate surface area is 155 Å². The Bertz CT molecular complexity index is 834. The normalized spacial score (nSPS) is 11.0. The van der Waals surface area contributed by atoms with Gasteiger partial charge in [0, 0.05) is 12.0 Å². The molecule has 9 nitrogen and oxygen atoms in total. The van der Waals surface area contributed by atoms with Gasteiger partial charge in [0.05, 0.1) is 11.7 Å². The SMILES string of the molecule is NC(N)=Nc1cccc(C(=O)NNC(=O)NC(CC=O)c2ccccc2)c1. The van der Waals surface area contributed by atoms with Crippen LogP contribution in [0.4, 0.5) is 10.5 Å². The predicted molar refractivity (Wildman–Crippen MR) is 101 cm³/mol. The number of guanidine groups is 1. The lowest BCUT2D eigenvalue weighted by molar-refractivity contribution is -0.108. The Kier molecular flexibility index (Phi) is 6.89. The molecule has 140 valence electrons. The van der Waals surface area contributed by atoms with Crippen LogP contribution in [-0.4, -0.2) is 24.2 Å². The summed E-state index contributed by atoms with van der Waals surface area (Å²) in [6.45, 7) is 0. The molecule has 1 unspecified atom stereocenters. The molecule has 27 heavy (non-hydrogen) atoms. The lowest BCUT2D eigenvalue weighted by Gasteiger charge is -2.17. The van der Waals surface area contributed by atoms with Gasteiger partial charge in [0.25, 0.3) is 5.91 Å². The predicted octanol–water partition coefficient (Wildman–Crippen LogP) is 0.866. The lowest BCUT2D eigenvalue weighted by Crippen LogP contribution is -2.47. The summed E-state index contributed by atoms with van der Waals surface area (Å²) in [4.78, 5) is 38.9. The molecule has 0 aliphatic carbocycles. The minimum atomic E-state index is -0.653. The molecule has 2 rings (SSSR count). The number of carbonyl (C=O) groups is 3. The first kappa shape index (κ1) is 19.4. The van der Waals surface area contributed by atoms with E-state index < -0.39 is 18.0 Å². The van der Waals surface area contributed by atoms with Crippen molar-refractivity contribution in [2.75, 3.05) is 0 Å². The van der Waals surface area contributed by atoms with E-state index in [0.29, 0.717) is 12.0 Å². The second kappa shape index (κ2) is 9.56. The van der Waals surface area contributed by atoms with Gasteiger partial charge in [-0.15, -0.1) is 0 Å². The number of carbonyl (C=O) groups excluding carboxylic acids is 3. The molecule has 0 fully saturated rings. The average molecular weight is 368 g/mol. The monoisotopic (exact) mass is 368 g/mol. The number of amides is 3. The van der Waals surface area contributed by atoms with Gasteiger partial charge < -0.3 is 21.6 Å². The van der Waals surface area contributed by atoms with Crippen molar-refractivity contribution in [3.05, 3.63) is 65.7 Å². The molecule has 2 aromatic carbocycles. The van der Waals surface area contributed by atoms with Crippen molar-refractivity contribution in [2.24, 2.45) is 16.5 Å². The zero-order valence-corrected chi connectivity index (χ0v) is 14.4. The van der Waals surface area contributed by atoms with Crippen LogP contribution < -0.4 is 27.6 Å². The van der Waals surface area contributed by atoms with Gasteiger partial charge in [-0.2, -0.15) is 0 Å².